The van der Waals surface area contributed by atoms with Gasteiger partial charge in [0.1, 0.15) is 23.2 Å². The fourth-order valence-electron chi connectivity index (χ4n) is 3.31. The molecule has 4 rings (SSSR count). The molecular formula is C18H15N7O3. The molecule has 0 bridgehead atoms. The number of ether oxygens (including phenoxy) is 1. The number of carbonyl (C=O) groups is 1. The molecule has 0 unspecified atom stereocenters. The average Bonchev–Trinajstić information content (AvgIpc) is 3.31. The molecule has 1 aromatic carbocycles. The lowest BCUT2D eigenvalue weighted by molar-refractivity contribution is 0.0595. The first-order valence-electron chi connectivity index (χ1n) is 8.44. The van der Waals surface area contributed by atoms with Crippen molar-refractivity contribution in [1.29, 1.82) is 5.26 Å². The number of rotatable bonds is 3. The Morgan fingerprint density at radius 1 is 1.25 bits per heavy atom. The zero-order chi connectivity index (χ0) is 20.0. The summed E-state index contributed by atoms with van der Waals surface area (Å²) in [6, 6.07) is 7.32. The summed E-state index contributed by atoms with van der Waals surface area (Å²) in [6.07, 6.45) is 3.30. The SMILES string of the molecule is COC(=O)c1nnn(C#N)c1-c1ncn2c1c(=O)n(C(C)C)c1ccccc12. The lowest BCUT2D eigenvalue weighted by Gasteiger charge is -2.15. The van der Waals surface area contributed by atoms with Crippen molar-refractivity contribution in [2.75, 3.05) is 7.11 Å². The van der Waals surface area contributed by atoms with Crippen molar-refractivity contribution in [1.82, 2.24) is 28.9 Å². The minimum atomic E-state index is -0.775. The van der Waals surface area contributed by atoms with E-state index in [1.54, 1.807) is 8.97 Å². The Labute approximate surface area is 158 Å². The second-order valence-electron chi connectivity index (χ2n) is 6.36. The number of imidazole rings is 1. The third-order valence-corrected chi connectivity index (χ3v) is 4.47. The van der Waals surface area contributed by atoms with Gasteiger partial charge < -0.3 is 9.30 Å². The standard InChI is InChI=1S/C18H15N7O3/c1-10(2)25-12-7-5-4-6-11(12)23-9-20-13(16(23)17(25)26)15-14(18(27)28-3)21-22-24(15)8-19/h4-7,9-10H,1-3H3. The summed E-state index contributed by atoms with van der Waals surface area (Å²) in [4.78, 5) is 29.8. The molecule has 0 saturated heterocycles. The maximum absolute atomic E-state index is 13.4. The Hall–Kier alpha value is -4.00. The van der Waals surface area contributed by atoms with Gasteiger partial charge in [-0.15, -0.1) is 9.78 Å². The van der Waals surface area contributed by atoms with Gasteiger partial charge in [-0.25, -0.2) is 9.78 Å². The van der Waals surface area contributed by atoms with Gasteiger partial charge in [0.05, 0.1) is 18.1 Å². The normalized spacial score (nSPS) is 11.2. The molecule has 140 valence electrons. The second-order valence-corrected chi connectivity index (χ2v) is 6.36. The molecule has 4 aromatic rings. The van der Waals surface area contributed by atoms with Crippen LogP contribution in [-0.4, -0.2) is 42.0 Å². The molecule has 0 fully saturated rings. The van der Waals surface area contributed by atoms with Crippen LogP contribution in [0.2, 0.25) is 0 Å². The van der Waals surface area contributed by atoms with Gasteiger partial charge in [0, 0.05) is 6.04 Å². The third kappa shape index (κ3) is 2.30. The van der Waals surface area contributed by atoms with Gasteiger partial charge in [-0.1, -0.05) is 17.3 Å². The molecule has 0 aliphatic heterocycles. The third-order valence-electron chi connectivity index (χ3n) is 4.47. The summed E-state index contributed by atoms with van der Waals surface area (Å²) >= 11 is 0. The number of fused-ring (bicyclic) bond motifs is 3. The quantitative estimate of drug-likeness (QED) is 0.497. The number of nitrogens with zero attached hydrogens (tertiary/aromatic N) is 7. The zero-order valence-corrected chi connectivity index (χ0v) is 15.3. The monoisotopic (exact) mass is 377 g/mol. The Morgan fingerprint density at radius 3 is 2.61 bits per heavy atom. The fraction of sp³-hybridized carbons (Fsp3) is 0.222. The summed E-state index contributed by atoms with van der Waals surface area (Å²) in [5.41, 5.74) is 1.39. The van der Waals surface area contributed by atoms with Crippen LogP contribution in [0.5, 0.6) is 0 Å². The van der Waals surface area contributed by atoms with Crippen molar-refractivity contribution in [3.05, 3.63) is 46.6 Å². The smallest absolute Gasteiger partial charge is 0.361 e. The van der Waals surface area contributed by atoms with Crippen molar-refractivity contribution >= 4 is 22.5 Å². The zero-order valence-electron chi connectivity index (χ0n) is 15.3. The summed E-state index contributed by atoms with van der Waals surface area (Å²) in [5, 5.41) is 16.8. The van der Waals surface area contributed by atoms with Crippen LogP contribution in [0, 0.1) is 11.5 Å². The maximum atomic E-state index is 13.4. The largest absolute Gasteiger partial charge is 0.464 e. The predicted octanol–water partition coefficient (Wildman–Crippen LogP) is 1.60. The molecule has 10 heteroatoms. The number of esters is 1. The first-order chi connectivity index (χ1) is 13.5. The van der Waals surface area contributed by atoms with E-state index < -0.39 is 5.97 Å². The van der Waals surface area contributed by atoms with Crippen LogP contribution in [0.3, 0.4) is 0 Å². The first-order valence-corrected chi connectivity index (χ1v) is 8.44. The summed E-state index contributed by atoms with van der Waals surface area (Å²) in [7, 11) is 1.20. The molecule has 0 radical (unpaired) electrons. The van der Waals surface area contributed by atoms with Crippen LogP contribution in [0.15, 0.2) is 35.4 Å². The van der Waals surface area contributed by atoms with E-state index in [2.05, 4.69) is 15.3 Å². The van der Waals surface area contributed by atoms with Crippen molar-refractivity contribution in [3.63, 3.8) is 0 Å². The molecule has 0 N–H and O–H groups in total. The topological polar surface area (TPSA) is 120 Å². The number of para-hydroxylation sites is 2. The predicted molar refractivity (Wildman–Crippen MR) is 98.7 cm³/mol. The number of carbonyl (C=O) groups excluding carboxylic acids is 1. The second kappa shape index (κ2) is 6.31. The van der Waals surface area contributed by atoms with E-state index in [4.69, 9.17) is 4.74 Å². The number of aromatic nitrogens is 6. The molecule has 10 nitrogen and oxygen atoms in total. The number of methoxy groups -OCH3 is 1. The molecule has 0 spiro atoms. The first kappa shape index (κ1) is 17.4. The Balaban J connectivity index is 2.19. The van der Waals surface area contributed by atoms with Crippen LogP contribution in [-0.2, 0) is 4.74 Å². The van der Waals surface area contributed by atoms with E-state index in [0.717, 1.165) is 15.7 Å². The van der Waals surface area contributed by atoms with E-state index in [-0.39, 0.29) is 34.2 Å². The summed E-state index contributed by atoms with van der Waals surface area (Å²) in [5.74, 6) is -0.775. The van der Waals surface area contributed by atoms with Crippen LogP contribution < -0.4 is 5.56 Å². The minimum absolute atomic E-state index is 0.0135. The average molecular weight is 377 g/mol. The number of hydrogen-bond donors (Lipinski definition) is 0. The number of nitriles is 1. The van der Waals surface area contributed by atoms with Gasteiger partial charge >= 0.3 is 5.97 Å². The molecule has 28 heavy (non-hydrogen) atoms. The van der Waals surface area contributed by atoms with Gasteiger partial charge in [0.25, 0.3) is 5.56 Å². The van der Waals surface area contributed by atoms with Gasteiger partial charge in [-0.2, -0.15) is 5.26 Å². The number of benzene rings is 1. The number of hydrogen-bond acceptors (Lipinski definition) is 7. The summed E-state index contributed by atoms with van der Waals surface area (Å²) in [6.45, 7) is 3.81. The summed E-state index contributed by atoms with van der Waals surface area (Å²) < 4.78 is 8.86. The van der Waals surface area contributed by atoms with Gasteiger partial charge in [-0.05, 0) is 26.0 Å². The van der Waals surface area contributed by atoms with E-state index >= 15 is 0 Å². The molecule has 0 aliphatic carbocycles. The fourth-order valence-corrected chi connectivity index (χ4v) is 3.31. The highest BCUT2D eigenvalue weighted by atomic mass is 16.5. The van der Waals surface area contributed by atoms with E-state index in [1.165, 1.54) is 13.4 Å². The Bertz CT molecular complexity index is 1340. The van der Waals surface area contributed by atoms with Crippen LogP contribution in [0.4, 0.5) is 0 Å². The van der Waals surface area contributed by atoms with Crippen molar-refractivity contribution < 1.29 is 9.53 Å². The van der Waals surface area contributed by atoms with Crippen molar-refractivity contribution in [2.45, 2.75) is 19.9 Å². The molecule has 3 heterocycles. The maximum Gasteiger partial charge on any atom is 0.361 e. The van der Waals surface area contributed by atoms with E-state index in [9.17, 15) is 14.9 Å². The van der Waals surface area contributed by atoms with Crippen LogP contribution in [0.1, 0.15) is 30.4 Å². The highest BCUT2D eigenvalue weighted by molar-refractivity contribution is 5.96. The van der Waals surface area contributed by atoms with Gasteiger partial charge in [-0.3, -0.25) is 9.20 Å². The van der Waals surface area contributed by atoms with Crippen LogP contribution >= 0.6 is 0 Å². The molecule has 0 aliphatic rings. The Kier molecular flexibility index (Phi) is 3.93. The van der Waals surface area contributed by atoms with Crippen molar-refractivity contribution in [2.24, 2.45) is 0 Å². The van der Waals surface area contributed by atoms with Crippen molar-refractivity contribution in [3.8, 4) is 17.6 Å². The van der Waals surface area contributed by atoms with Gasteiger partial charge in [0.2, 0.25) is 11.9 Å². The molecular weight excluding hydrogens is 362 g/mol. The molecule has 0 saturated carbocycles. The highest BCUT2D eigenvalue weighted by Crippen LogP contribution is 2.27. The molecule has 0 atom stereocenters. The van der Waals surface area contributed by atoms with E-state index in [0.29, 0.717) is 0 Å². The highest BCUT2D eigenvalue weighted by Gasteiger charge is 2.28. The Morgan fingerprint density at radius 2 is 1.96 bits per heavy atom. The minimum Gasteiger partial charge on any atom is -0.464 e. The molecule has 0 amide bonds. The van der Waals surface area contributed by atoms with E-state index in [1.807, 2.05) is 44.3 Å². The lowest BCUT2D eigenvalue weighted by Crippen LogP contribution is -2.24. The molecule has 3 aromatic heterocycles. The van der Waals surface area contributed by atoms with Crippen LogP contribution in [0.25, 0.3) is 27.9 Å². The van der Waals surface area contributed by atoms with Gasteiger partial charge in [0.15, 0.2) is 0 Å². The lowest BCUT2D eigenvalue weighted by atomic mass is 10.2.